The molecule has 0 heterocycles. The fourth-order valence-electron chi connectivity index (χ4n) is 2.14. The molecule has 8 nitrogen and oxygen atoms in total. The monoisotopic (exact) mass is 370 g/mol. The molecular weight excluding hydrogens is 350 g/mol. The number of carboxylic acids is 1. The van der Waals surface area contributed by atoms with Crippen molar-refractivity contribution < 1.29 is 24.2 Å². The van der Waals surface area contributed by atoms with Gasteiger partial charge in [0.25, 0.3) is 5.91 Å². The van der Waals surface area contributed by atoms with Crippen molar-refractivity contribution in [3.8, 4) is 11.5 Å². The Morgan fingerprint density at radius 3 is 2.52 bits per heavy atom. The Kier molecular flexibility index (Phi) is 7.18. The minimum absolute atomic E-state index is 0.0834. The van der Waals surface area contributed by atoms with E-state index in [1.54, 1.807) is 25.1 Å². The van der Waals surface area contributed by atoms with E-state index in [0.717, 1.165) is 5.69 Å². The molecule has 0 unspecified atom stereocenters. The molecule has 8 heteroatoms. The van der Waals surface area contributed by atoms with Crippen molar-refractivity contribution in [2.75, 3.05) is 25.6 Å². The maximum Gasteiger partial charge on any atom is 0.259 e. The summed E-state index contributed by atoms with van der Waals surface area (Å²) in [6.07, 6.45) is 0. The predicted molar refractivity (Wildman–Crippen MR) is 98.8 cm³/mol. The SMILES string of the molecule is COc1cc(/C(C)=N\NC(=O)CNc2ccccc2)ccc1OCC(=O)[O-]. The molecule has 0 aliphatic carbocycles. The first-order valence-corrected chi connectivity index (χ1v) is 8.12. The number of carbonyl (C=O) groups excluding carboxylic acids is 2. The van der Waals surface area contributed by atoms with E-state index in [-0.39, 0.29) is 18.2 Å². The average molecular weight is 370 g/mol. The molecule has 0 aliphatic heterocycles. The highest BCUT2D eigenvalue weighted by atomic mass is 16.5. The van der Waals surface area contributed by atoms with Gasteiger partial charge in [-0.3, -0.25) is 4.79 Å². The molecule has 0 atom stereocenters. The molecule has 0 spiro atoms. The van der Waals surface area contributed by atoms with Crippen LogP contribution >= 0.6 is 0 Å². The highest BCUT2D eigenvalue weighted by molar-refractivity contribution is 6.00. The van der Waals surface area contributed by atoms with Gasteiger partial charge in [0.2, 0.25) is 0 Å². The minimum atomic E-state index is -1.33. The lowest BCUT2D eigenvalue weighted by Gasteiger charge is -2.12. The largest absolute Gasteiger partial charge is 0.546 e. The van der Waals surface area contributed by atoms with Crippen LogP contribution in [0.2, 0.25) is 0 Å². The van der Waals surface area contributed by atoms with E-state index >= 15 is 0 Å². The first-order chi connectivity index (χ1) is 13.0. The van der Waals surface area contributed by atoms with Gasteiger partial charge in [-0.2, -0.15) is 5.10 Å². The molecular formula is C19H20N3O5-. The number of nitrogens with zero attached hydrogens (tertiary/aromatic N) is 1. The Hall–Kier alpha value is -3.55. The van der Waals surface area contributed by atoms with Crippen LogP contribution in [0.15, 0.2) is 53.6 Å². The summed E-state index contributed by atoms with van der Waals surface area (Å²) in [4.78, 5) is 22.4. The van der Waals surface area contributed by atoms with Crippen molar-refractivity contribution in [3.63, 3.8) is 0 Å². The molecule has 1 amide bonds. The lowest BCUT2D eigenvalue weighted by atomic mass is 10.1. The molecule has 0 radical (unpaired) electrons. The first kappa shape index (κ1) is 19.8. The number of hydrogen-bond acceptors (Lipinski definition) is 7. The van der Waals surface area contributed by atoms with Crippen LogP contribution in [0.4, 0.5) is 5.69 Å². The Morgan fingerprint density at radius 1 is 1.11 bits per heavy atom. The Bertz CT molecular complexity index is 821. The maximum absolute atomic E-state index is 11.9. The van der Waals surface area contributed by atoms with Crippen molar-refractivity contribution in [1.82, 2.24) is 5.43 Å². The summed E-state index contributed by atoms with van der Waals surface area (Å²) >= 11 is 0. The lowest BCUT2D eigenvalue weighted by Crippen LogP contribution is -2.29. The van der Waals surface area contributed by atoms with Crippen LogP contribution in [0.3, 0.4) is 0 Å². The lowest BCUT2D eigenvalue weighted by molar-refractivity contribution is -0.307. The van der Waals surface area contributed by atoms with Gasteiger partial charge in [0.05, 0.1) is 25.3 Å². The zero-order valence-electron chi connectivity index (χ0n) is 15.0. The Morgan fingerprint density at radius 2 is 1.85 bits per heavy atom. The number of benzene rings is 2. The van der Waals surface area contributed by atoms with Crippen LogP contribution in [-0.4, -0.2) is 37.8 Å². The van der Waals surface area contributed by atoms with E-state index in [1.165, 1.54) is 7.11 Å². The van der Waals surface area contributed by atoms with Crippen LogP contribution in [0.25, 0.3) is 0 Å². The number of methoxy groups -OCH3 is 1. The Balaban J connectivity index is 1.95. The molecule has 0 bridgehead atoms. The van der Waals surface area contributed by atoms with E-state index < -0.39 is 12.6 Å². The minimum Gasteiger partial charge on any atom is -0.546 e. The molecule has 0 saturated carbocycles. The third-order valence-corrected chi connectivity index (χ3v) is 3.50. The van der Waals surface area contributed by atoms with Gasteiger partial charge >= 0.3 is 0 Å². The summed E-state index contributed by atoms with van der Waals surface area (Å²) in [6, 6.07) is 14.2. The highest BCUT2D eigenvalue weighted by Crippen LogP contribution is 2.28. The topological polar surface area (TPSA) is 112 Å². The molecule has 0 saturated heterocycles. The van der Waals surface area contributed by atoms with Gasteiger partial charge in [0.1, 0.15) is 6.61 Å². The van der Waals surface area contributed by atoms with Crippen LogP contribution in [0.5, 0.6) is 11.5 Å². The average Bonchev–Trinajstić information content (AvgIpc) is 2.69. The summed E-state index contributed by atoms with van der Waals surface area (Å²) < 4.78 is 10.3. The Labute approximate surface area is 156 Å². The van der Waals surface area contributed by atoms with Gasteiger partial charge in [0, 0.05) is 11.3 Å². The third-order valence-electron chi connectivity index (χ3n) is 3.50. The standard InChI is InChI=1S/C19H21N3O5/c1-13(21-22-18(23)11-20-15-6-4-3-5-7-15)14-8-9-16(17(10-14)26-2)27-12-19(24)25/h3-10,20H,11-12H2,1-2H3,(H,22,23)(H,24,25)/p-1/b21-13-. The molecule has 2 aromatic carbocycles. The van der Waals surface area contributed by atoms with Crippen LogP contribution in [0, 0.1) is 0 Å². The van der Waals surface area contributed by atoms with Gasteiger partial charge in [-0.15, -0.1) is 0 Å². The van der Waals surface area contributed by atoms with E-state index in [1.807, 2.05) is 30.3 Å². The zero-order chi connectivity index (χ0) is 19.6. The number of rotatable bonds is 9. The van der Waals surface area contributed by atoms with E-state index in [2.05, 4.69) is 15.8 Å². The smallest absolute Gasteiger partial charge is 0.259 e. The fourth-order valence-corrected chi connectivity index (χ4v) is 2.14. The third kappa shape index (κ3) is 6.35. The molecule has 0 aromatic heterocycles. The molecule has 0 fully saturated rings. The molecule has 142 valence electrons. The number of carboxylic acid groups (broad SMARTS) is 1. The second kappa shape index (κ2) is 9.81. The fraction of sp³-hybridized carbons (Fsp3) is 0.211. The van der Waals surface area contributed by atoms with Crippen LogP contribution in [0.1, 0.15) is 12.5 Å². The summed E-state index contributed by atoms with van der Waals surface area (Å²) in [7, 11) is 1.44. The summed E-state index contributed by atoms with van der Waals surface area (Å²) in [5, 5.41) is 17.5. The van der Waals surface area contributed by atoms with Gasteiger partial charge < -0.3 is 24.7 Å². The first-order valence-electron chi connectivity index (χ1n) is 8.12. The molecule has 2 N–H and O–H groups in total. The van der Waals surface area contributed by atoms with E-state index in [4.69, 9.17) is 9.47 Å². The van der Waals surface area contributed by atoms with Gasteiger partial charge in [-0.1, -0.05) is 18.2 Å². The van der Waals surface area contributed by atoms with Crippen molar-refractivity contribution in [2.24, 2.45) is 5.10 Å². The number of nitrogens with one attached hydrogen (secondary N) is 2. The van der Waals surface area contributed by atoms with Crippen molar-refractivity contribution in [3.05, 3.63) is 54.1 Å². The number of amides is 1. The number of ether oxygens (including phenoxy) is 2. The maximum atomic E-state index is 11.9. The number of anilines is 1. The number of aliphatic carboxylic acids is 1. The second-order valence-corrected chi connectivity index (χ2v) is 5.48. The second-order valence-electron chi connectivity index (χ2n) is 5.48. The van der Waals surface area contributed by atoms with Crippen LogP contribution in [-0.2, 0) is 9.59 Å². The predicted octanol–water partition coefficient (Wildman–Crippen LogP) is 0.776. The normalized spacial score (nSPS) is 10.8. The van der Waals surface area contributed by atoms with E-state index in [0.29, 0.717) is 17.0 Å². The van der Waals surface area contributed by atoms with Gasteiger partial charge in [-0.25, -0.2) is 5.43 Å². The number of para-hydroxylation sites is 1. The van der Waals surface area contributed by atoms with Crippen molar-refractivity contribution in [2.45, 2.75) is 6.92 Å². The molecule has 2 rings (SSSR count). The summed E-state index contributed by atoms with van der Waals surface area (Å²) in [5.41, 5.74) is 4.54. The molecule has 27 heavy (non-hydrogen) atoms. The number of hydrogen-bond donors (Lipinski definition) is 2. The van der Waals surface area contributed by atoms with Gasteiger partial charge in [0.15, 0.2) is 11.5 Å². The highest BCUT2D eigenvalue weighted by Gasteiger charge is 2.08. The molecule has 0 aliphatic rings. The summed E-state index contributed by atoms with van der Waals surface area (Å²) in [5.74, 6) is -1.00. The summed E-state index contributed by atoms with van der Waals surface area (Å²) in [6.45, 7) is 1.23. The number of hydrazone groups is 1. The van der Waals surface area contributed by atoms with Gasteiger partial charge in [-0.05, 0) is 37.3 Å². The zero-order valence-corrected chi connectivity index (χ0v) is 15.0. The quantitative estimate of drug-likeness (QED) is 0.498. The number of carbonyl (C=O) groups is 2. The van der Waals surface area contributed by atoms with Crippen LogP contribution < -0.4 is 25.3 Å². The van der Waals surface area contributed by atoms with E-state index in [9.17, 15) is 14.7 Å². The van der Waals surface area contributed by atoms with Crippen molar-refractivity contribution >= 4 is 23.3 Å². The molecule has 2 aromatic rings. The van der Waals surface area contributed by atoms with Crippen molar-refractivity contribution in [1.29, 1.82) is 0 Å².